The maximum Gasteiger partial charge on any atom is 0.237 e. The van der Waals surface area contributed by atoms with Gasteiger partial charge in [-0.15, -0.1) is 0 Å². The molecular weight excluding hydrogens is 399 g/mol. The third-order valence-corrected chi connectivity index (χ3v) is 5.58. The van der Waals surface area contributed by atoms with Gasteiger partial charge in [-0.2, -0.15) is 0 Å². The van der Waals surface area contributed by atoms with Gasteiger partial charge in [0.2, 0.25) is 5.91 Å². The molecule has 7 heteroatoms. The van der Waals surface area contributed by atoms with Crippen molar-refractivity contribution in [3.8, 4) is 17.2 Å². The van der Waals surface area contributed by atoms with E-state index < -0.39 is 0 Å². The van der Waals surface area contributed by atoms with Crippen LogP contribution < -0.4 is 19.5 Å². The monoisotopic (exact) mass is 428 g/mol. The van der Waals surface area contributed by atoms with Crippen LogP contribution in [0.15, 0.2) is 42.5 Å². The largest absolute Gasteiger partial charge is 0.496 e. The third-order valence-electron chi connectivity index (χ3n) is 5.58. The molecule has 0 saturated heterocycles. The number of nitrogens with zero attached hydrogens (tertiary/aromatic N) is 1. The van der Waals surface area contributed by atoms with Gasteiger partial charge >= 0.3 is 0 Å². The van der Waals surface area contributed by atoms with Crippen molar-refractivity contribution in [2.24, 2.45) is 0 Å². The van der Waals surface area contributed by atoms with E-state index in [1.165, 1.54) is 12.1 Å². The molecule has 1 aliphatic rings. The Labute approximate surface area is 182 Å². The highest BCUT2D eigenvalue weighted by Gasteiger charge is 2.26. The Morgan fingerprint density at radius 2 is 1.74 bits per heavy atom. The Balaban J connectivity index is 1.66. The van der Waals surface area contributed by atoms with Gasteiger partial charge in [0.05, 0.1) is 32.9 Å². The molecular formula is C24H29FN2O4. The lowest BCUT2D eigenvalue weighted by Gasteiger charge is -2.31. The van der Waals surface area contributed by atoms with Crippen molar-refractivity contribution in [2.75, 3.05) is 34.4 Å². The number of halogens is 1. The minimum Gasteiger partial charge on any atom is -0.496 e. The van der Waals surface area contributed by atoms with Crippen LogP contribution >= 0.6 is 0 Å². The van der Waals surface area contributed by atoms with Crippen molar-refractivity contribution in [3.05, 3.63) is 59.4 Å². The van der Waals surface area contributed by atoms with E-state index in [9.17, 15) is 9.18 Å². The van der Waals surface area contributed by atoms with Crippen molar-refractivity contribution in [1.29, 1.82) is 0 Å². The first-order valence-corrected chi connectivity index (χ1v) is 10.2. The molecule has 0 unspecified atom stereocenters. The number of carbonyl (C=O) groups is 1. The van der Waals surface area contributed by atoms with Gasteiger partial charge in [0.15, 0.2) is 0 Å². The molecule has 0 fully saturated rings. The molecule has 0 bridgehead atoms. The van der Waals surface area contributed by atoms with Gasteiger partial charge < -0.3 is 19.5 Å². The smallest absolute Gasteiger partial charge is 0.237 e. The number of benzene rings is 2. The van der Waals surface area contributed by atoms with Crippen LogP contribution in [0.25, 0.3) is 5.57 Å². The summed E-state index contributed by atoms with van der Waals surface area (Å²) >= 11 is 0. The average molecular weight is 429 g/mol. The molecule has 1 heterocycles. The molecule has 0 aromatic heterocycles. The lowest BCUT2D eigenvalue weighted by Crippen LogP contribution is -2.46. The van der Waals surface area contributed by atoms with Crippen LogP contribution in [0, 0.1) is 5.82 Å². The molecule has 2 aromatic rings. The normalized spacial score (nSPS) is 15.1. The van der Waals surface area contributed by atoms with Crippen molar-refractivity contribution >= 4 is 11.5 Å². The molecule has 0 aliphatic carbocycles. The quantitative estimate of drug-likeness (QED) is 0.696. The lowest BCUT2D eigenvalue weighted by atomic mass is 9.96. The molecule has 166 valence electrons. The Bertz CT molecular complexity index is 918. The molecule has 3 rings (SSSR count). The number of nitrogens with one attached hydrogen (secondary N) is 1. The maximum atomic E-state index is 13.0. The Morgan fingerprint density at radius 3 is 2.26 bits per heavy atom. The summed E-state index contributed by atoms with van der Waals surface area (Å²) in [5.74, 6) is 1.72. The summed E-state index contributed by atoms with van der Waals surface area (Å²) < 4.78 is 29.5. The van der Waals surface area contributed by atoms with E-state index in [0.717, 1.165) is 29.7 Å². The standard InChI is InChI=1S/C24H29FN2O4/c1-16(24(28)26-15-17-5-7-19(25)8-6-17)27-11-9-18(10-12-27)23-21(30-3)13-20(29-2)14-22(23)31-4/h5-9,13-14,16H,10-12,15H2,1-4H3,(H,26,28)/t16-/m0/s1. The van der Waals surface area contributed by atoms with Gasteiger partial charge in [-0.1, -0.05) is 18.2 Å². The number of ether oxygens (including phenoxy) is 3. The molecule has 1 N–H and O–H groups in total. The van der Waals surface area contributed by atoms with Crippen LogP contribution in [0.2, 0.25) is 0 Å². The fourth-order valence-electron chi connectivity index (χ4n) is 3.69. The molecule has 0 spiro atoms. The van der Waals surface area contributed by atoms with E-state index in [1.54, 1.807) is 33.5 Å². The highest BCUT2D eigenvalue weighted by atomic mass is 19.1. The van der Waals surface area contributed by atoms with Gasteiger partial charge in [-0.05, 0) is 36.6 Å². The van der Waals surface area contributed by atoms with Crippen molar-refractivity contribution in [2.45, 2.75) is 25.9 Å². The minimum absolute atomic E-state index is 0.0548. The summed E-state index contributed by atoms with van der Waals surface area (Å²) in [5.41, 5.74) is 2.90. The second-order valence-electron chi connectivity index (χ2n) is 7.40. The number of methoxy groups -OCH3 is 3. The van der Waals surface area contributed by atoms with Crippen molar-refractivity contribution in [3.63, 3.8) is 0 Å². The molecule has 31 heavy (non-hydrogen) atoms. The van der Waals surface area contributed by atoms with Crippen molar-refractivity contribution in [1.82, 2.24) is 10.2 Å². The third kappa shape index (κ3) is 5.35. The first-order valence-electron chi connectivity index (χ1n) is 10.2. The van der Waals surface area contributed by atoms with Crippen LogP contribution in [-0.2, 0) is 11.3 Å². The van der Waals surface area contributed by atoms with Gasteiger partial charge in [0, 0.05) is 31.8 Å². The van der Waals surface area contributed by atoms with E-state index >= 15 is 0 Å². The van der Waals surface area contributed by atoms with Gasteiger partial charge in [-0.3, -0.25) is 9.69 Å². The Kier molecular flexibility index (Phi) is 7.52. The number of rotatable bonds is 8. The number of carbonyl (C=O) groups excluding carboxylic acids is 1. The summed E-state index contributed by atoms with van der Waals surface area (Å²) in [5, 5.41) is 2.93. The van der Waals surface area contributed by atoms with E-state index in [1.807, 2.05) is 19.1 Å². The topological polar surface area (TPSA) is 60.0 Å². The molecule has 1 atom stereocenters. The highest BCUT2D eigenvalue weighted by molar-refractivity contribution is 5.82. The molecule has 1 aliphatic heterocycles. The number of hydrogen-bond acceptors (Lipinski definition) is 5. The van der Waals surface area contributed by atoms with E-state index in [0.29, 0.717) is 30.3 Å². The zero-order valence-corrected chi connectivity index (χ0v) is 18.4. The van der Waals surface area contributed by atoms with Crippen molar-refractivity contribution < 1.29 is 23.4 Å². The second kappa shape index (κ2) is 10.3. The molecule has 6 nitrogen and oxygen atoms in total. The summed E-state index contributed by atoms with van der Waals surface area (Å²) in [4.78, 5) is 14.7. The Hall–Kier alpha value is -3.06. The molecule has 0 radical (unpaired) electrons. The predicted octanol–water partition coefficient (Wildman–Crippen LogP) is 3.65. The first-order chi connectivity index (χ1) is 15.0. The summed E-state index contributed by atoms with van der Waals surface area (Å²) in [7, 11) is 4.86. The predicted molar refractivity (Wildman–Crippen MR) is 118 cm³/mol. The Morgan fingerprint density at radius 1 is 1.10 bits per heavy atom. The highest BCUT2D eigenvalue weighted by Crippen LogP contribution is 2.40. The van der Waals surface area contributed by atoms with Gasteiger partial charge in [0.1, 0.15) is 23.1 Å². The fraction of sp³-hybridized carbons (Fsp3) is 0.375. The zero-order valence-electron chi connectivity index (χ0n) is 18.4. The van der Waals surface area contributed by atoms with Crippen LogP contribution in [0.4, 0.5) is 4.39 Å². The molecule has 1 amide bonds. The molecule has 2 aromatic carbocycles. The van der Waals surface area contributed by atoms with Gasteiger partial charge in [0.25, 0.3) is 0 Å². The second-order valence-corrected chi connectivity index (χ2v) is 7.40. The van der Waals surface area contributed by atoms with E-state index in [-0.39, 0.29) is 17.8 Å². The SMILES string of the molecule is COc1cc(OC)c(C2=CCN([C@@H](C)C(=O)NCc3ccc(F)cc3)CC2)c(OC)c1. The lowest BCUT2D eigenvalue weighted by molar-refractivity contribution is -0.125. The summed E-state index contributed by atoms with van der Waals surface area (Å²) in [6.07, 6.45) is 2.87. The fourth-order valence-corrected chi connectivity index (χ4v) is 3.69. The maximum absolute atomic E-state index is 13.0. The number of hydrogen-bond donors (Lipinski definition) is 1. The van der Waals surface area contributed by atoms with Crippen LogP contribution in [0.5, 0.6) is 17.2 Å². The van der Waals surface area contributed by atoms with E-state index in [4.69, 9.17) is 14.2 Å². The molecule has 0 saturated carbocycles. The van der Waals surface area contributed by atoms with Crippen LogP contribution in [0.1, 0.15) is 24.5 Å². The van der Waals surface area contributed by atoms with E-state index in [2.05, 4.69) is 16.3 Å². The zero-order chi connectivity index (χ0) is 22.4. The first kappa shape index (κ1) is 22.6. The summed E-state index contributed by atoms with van der Waals surface area (Å²) in [6.45, 7) is 3.64. The average Bonchev–Trinajstić information content (AvgIpc) is 2.82. The van der Waals surface area contributed by atoms with Crippen LogP contribution in [-0.4, -0.2) is 51.3 Å². The van der Waals surface area contributed by atoms with Crippen LogP contribution in [0.3, 0.4) is 0 Å². The summed E-state index contributed by atoms with van der Waals surface area (Å²) in [6, 6.07) is 9.54. The number of amides is 1. The minimum atomic E-state index is -0.288. The van der Waals surface area contributed by atoms with Gasteiger partial charge in [-0.25, -0.2) is 4.39 Å².